The number of hydrogen-bond acceptors (Lipinski definition) is 3. The molecular formula is C10H11BrN2O3. The molecule has 0 unspecified atom stereocenters. The second-order valence-corrected chi connectivity index (χ2v) is 3.79. The molecule has 0 aliphatic carbocycles. The molecule has 86 valence electrons. The van der Waals surface area contributed by atoms with Gasteiger partial charge in [0.1, 0.15) is 5.75 Å². The van der Waals surface area contributed by atoms with Gasteiger partial charge in [0.15, 0.2) is 6.61 Å². The summed E-state index contributed by atoms with van der Waals surface area (Å²) in [5.41, 5.74) is 0. The molecule has 1 aromatic carbocycles. The molecule has 0 aliphatic rings. The number of hydrogen-bond donors (Lipinski definition) is 2. The Balaban J connectivity index is 2.40. The van der Waals surface area contributed by atoms with Gasteiger partial charge in [-0.2, -0.15) is 0 Å². The summed E-state index contributed by atoms with van der Waals surface area (Å²) in [6, 6.07) is 6.53. The highest BCUT2D eigenvalue weighted by Gasteiger charge is 2.06. The Kier molecular flexibility index (Phi) is 4.78. The van der Waals surface area contributed by atoms with Crippen LogP contribution < -0.4 is 15.4 Å². The van der Waals surface area contributed by atoms with Gasteiger partial charge >= 0.3 is 6.03 Å². The molecule has 0 saturated carbocycles. The zero-order chi connectivity index (χ0) is 12.0. The van der Waals surface area contributed by atoms with E-state index in [0.29, 0.717) is 5.75 Å². The summed E-state index contributed by atoms with van der Waals surface area (Å²) < 4.78 is 6.03. The molecule has 16 heavy (non-hydrogen) atoms. The lowest BCUT2D eigenvalue weighted by Gasteiger charge is -2.06. The lowest BCUT2D eigenvalue weighted by molar-refractivity contribution is -0.122. The fourth-order valence-corrected chi connectivity index (χ4v) is 1.31. The van der Waals surface area contributed by atoms with Gasteiger partial charge in [-0.15, -0.1) is 0 Å². The molecule has 0 radical (unpaired) electrons. The number of benzene rings is 1. The van der Waals surface area contributed by atoms with Crippen LogP contribution in [0.15, 0.2) is 28.7 Å². The third-order valence-corrected chi connectivity index (χ3v) is 2.14. The largest absolute Gasteiger partial charge is 0.484 e. The maximum atomic E-state index is 11.2. The summed E-state index contributed by atoms with van der Waals surface area (Å²) in [4.78, 5) is 21.9. The molecule has 3 amide bonds. The van der Waals surface area contributed by atoms with Gasteiger partial charge in [-0.1, -0.05) is 22.0 Å². The van der Waals surface area contributed by atoms with Crippen molar-refractivity contribution in [3.05, 3.63) is 28.7 Å². The summed E-state index contributed by atoms with van der Waals surface area (Å²) in [5, 5.41) is 4.36. The van der Waals surface area contributed by atoms with Crippen molar-refractivity contribution in [2.45, 2.75) is 0 Å². The van der Waals surface area contributed by atoms with Crippen LogP contribution in [0.2, 0.25) is 0 Å². The highest BCUT2D eigenvalue weighted by atomic mass is 79.9. The average molecular weight is 287 g/mol. The first kappa shape index (κ1) is 12.5. The van der Waals surface area contributed by atoms with E-state index in [0.717, 1.165) is 4.47 Å². The number of urea groups is 1. The van der Waals surface area contributed by atoms with E-state index in [-0.39, 0.29) is 6.61 Å². The van der Waals surface area contributed by atoms with Crippen LogP contribution >= 0.6 is 15.9 Å². The first-order chi connectivity index (χ1) is 7.61. The highest BCUT2D eigenvalue weighted by Crippen LogP contribution is 2.17. The number of amides is 3. The molecule has 0 saturated heterocycles. The standard InChI is InChI=1S/C10H11BrN2O3/c1-12-10(15)13-9(14)6-16-8-4-2-3-7(11)5-8/h2-5H,6H2,1H3,(H2,12,13,14,15). The monoisotopic (exact) mass is 286 g/mol. The van der Waals surface area contributed by atoms with Crippen LogP contribution in [-0.2, 0) is 4.79 Å². The summed E-state index contributed by atoms with van der Waals surface area (Å²) in [7, 11) is 1.43. The quantitative estimate of drug-likeness (QED) is 0.880. The molecule has 0 aromatic heterocycles. The summed E-state index contributed by atoms with van der Waals surface area (Å²) in [6.07, 6.45) is 0. The van der Waals surface area contributed by atoms with E-state index in [1.165, 1.54) is 7.05 Å². The lowest BCUT2D eigenvalue weighted by Crippen LogP contribution is -2.39. The van der Waals surface area contributed by atoms with Gasteiger partial charge in [0.25, 0.3) is 5.91 Å². The van der Waals surface area contributed by atoms with Crippen LogP contribution in [0.25, 0.3) is 0 Å². The maximum Gasteiger partial charge on any atom is 0.321 e. The fraction of sp³-hybridized carbons (Fsp3) is 0.200. The Morgan fingerprint density at radius 3 is 2.81 bits per heavy atom. The number of carbonyl (C=O) groups excluding carboxylic acids is 2. The van der Waals surface area contributed by atoms with Crippen LogP contribution in [0.3, 0.4) is 0 Å². The van der Waals surface area contributed by atoms with Gasteiger partial charge in [0.05, 0.1) is 0 Å². The predicted octanol–water partition coefficient (Wildman–Crippen LogP) is 1.28. The second kappa shape index (κ2) is 6.12. The van der Waals surface area contributed by atoms with Crippen molar-refractivity contribution in [1.82, 2.24) is 10.6 Å². The molecule has 1 aromatic rings. The van der Waals surface area contributed by atoms with E-state index in [2.05, 4.69) is 26.6 Å². The zero-order valence-corrected chi connectivity index (χ0v) is 10.2. The zero-order valence-electron chi connectivity index (χ0n) is 8.62. The number of halogens is 1. The molecule has 0 heterocycles. The normalized spacial score (nSPS) is 9.38. The van der Waals surface area contributed by atoms with E-state index >= 15 is 0 Å². The van der Waals surface area contributed by atoms with E-state index in [4.69, 9.17) is 4.74 Å². The van der Waals surface area contributed by atoms with Gasteiger partial charge < -0.3 is 10.1 Å². The lowest BCUT2D eigenvalue weighted by atomic mass is 10.3. The van der Waals surface area contributed by atoms with Crippen molar-refractivity contribution in [2.75, 3.05) is 13.7 Å². The predicted molar refractivity (Wildman–Crippen MR) is 62.2 cm³/mol. The first-order valence-corrected chi connectivity index (χ1v) is 5.31. The first-order valence-electron chi connectivity index (χ1n) is 4.51. The molecule has 6 heteroatoms. The van der Waals surface area contributed by atoms with Crippen molar-refractivity contribution < 1.29 is 14.3 Å². The molecule has 2 N–H and O–H groups in total. The minimum atomic E-state index is -0.553. The van der Waals surface area contributed by atoms with Gasteiger partial charge in [-0.3, -0.25) is 10.1 Å². The van der Waals surface area contributed by atoms with Crippen molar-refractivity contribution in [2.24, 2.45) is 0 Å². The third-order valence-electron chi connectivity index (χ3n) is 1.65. The summed E-state index contributed by atoms with van der Waals surface area (Å²) in [6.45, 7) is -0.204. The molecule has 5 nitrogen and oxygen atoms in total. The van der Waals surface area contributed by atoms with Crippen LogP contribution in [-0.4, -0.2) is 25.6 Å². The molecule has 0 aliphatic heterocycles. The Bertz CT molecular complexity index is 395. The average Bonchev–Trinajstić information content (AvgIpc) is 2.26. The Hall–Kier alpha value is -1.56. The highest BCUT2D eigenvalue weighted by molar-refractivity contribution is 9.10. The third kappa shape index (κ3) is 4.31. The van der Waals surface area contributed by atoms with E-state index in [1.807, 2.05) is 6.07 Å². The Labute approximate surface area is 101 Å². The SMILES string of the molecule is CNC(=O)NC(=O)COc1cccc(Br)c1. The Morgan fingerprint density at radius 2 is 2.19 bits per heavy atom. The summed E-state index contributed by atoms with van der Waals surface area (Å²) >= 11 is 3.28. The molecular weight excluding hydrogens is 276 g/mol. The van der Waals surface area contributed by atoms with Gasteiger partial charge in [0.2, 0.25) is 0 Å². The molecule has 0 bridgehead atoms. The van der Waals surface area contributed by atoms with Crippen LogP contribution in [0.4, 0.5) is 4.79 Å². The number of ether oxygens (including phenoxy) is 1. The number of rotatable bonds is 3. The molecule has 0 spiro atoms. The number of nitrogens with one attached hydrogen (secondary N) is 2. The fourth-order valence-electron chi connectivity index (χ4n) is 0.931. The van der Waals surface area contributed by atoms with Crippen LogP contribution in [0.5, 0.6) is 5.75 Å². The number of carbonyl (C=O) groups is 2. The summed E-state index contributed by atoms with van der Waals surface area (Å²) in [5.74, 6) is 0.0563. The van der Waals surface area contributed by atoms with Crippen molar-refractivity contribution >= 4 is 27.9 Å². The minimum Gasteiger partial charge on any atom is -0.484 e. The van der Waals surface area contributed by atoms with Crippen molar-refractivity contribution in [1.29, 1.82) is 0 Å². The van der Waals surface area contributed by atoms with E-state index in [9.17, 15) is 9.59 Å². The van der Waals surface area contributed by atoms with Crippen molar-refractivity contribution in [3.63, 3.8) is 0 Å². The van der Waals surface area contributed by atoms with Crippen LogP contribution in [0.1, 0.15) is 0 Å². The van der Waals surface area contributed by atoms with Gasteiger partial charge in [0, 0.05) is 11.5 Å². The maximum absolute atomic E-state index is 11.2. The van der Waals surface area contributed by atoms with E-state index in [1.54, 1.807) is 18.2 Å². The minimum absolute atomic E-state index is 0.204. The Morgan fingerprint density at radius 1 is 1.44 bits per heavy atom. The smallest absolute Gasteiger partial charge is 0.321 e. The van der Waals surface area contributed by atoms with Crippen molar-refractivity contribution in [3.8, 4) is 5.75 Å². The molecule has 0 atom stereocenters. The molecule has 1 rings (SSSR count). The van der Waals surface area contributed by atoms with Crippen LogP contribution in [0, 0.1) is 0 Å². The molecule has 0 fully saturated rings. The van der Waals surface area contributed by atoms with E-state index < -0.39 is 11.9 Å². The topological polar surface area (TPSA) is 67.4 Å². The second-order valence-electron chi connectivity index (χ2n) is 2.87. The number of imide groups is 1. The van der Waals surface area contributed by atoms with Gasteiger partial charge in [-0.25, -0.2) is 4.79 Å². The van der Waals surface area contributed by atoms with Gasteiger partial charge in [-0.05, 0) is 18.2 Å².